The van der Waals surface area contributed by atoms with Crippen molar-refractivity contribution < 1.29 is 4.42 Å². The van der Waals surface area contributed by atoms with Gasteiger partial charge in [0.05, 0.1) is 5.69 Å². The van der Waals surface area contributed by atoms with E-state index in [0.717, 1.165) is 22.4 Å². The van der Waals surface area contributed by atoms with Crippen molar-refractivity contribution in [2.45, 2.75) is 44.9 Å². The number of oxazole rings is 1. The molecule has 1 aromatic rings. The van der Waals surface area contributed by atoms with Crippen LogP contribution in [0.15, 0.2) is 9.64 Å². The van der Waals surface area contributed by atoms with Gasteiger partial charge >= 0.3 is 0 Å². The van der Waals surface area contributed by atoms with Crippen molar-refractivity contribution in [3.8, 4) is 0 Å². The molecule has 1 N–H and O–H groups in total. The van der Waals surface area contributed by atoms with Crippen LogP contribution >= 0.6 is 11.8 Å². The number of aromatic nitrogens is 1. The molecule has 0 amide bonds. The summed E-state index contributed by atoms with van der Waals surface area (Å²) in [6.45, 7) is 6.13. The molecule has 15 heavy (non-hydrogen) atoms. The first-order chi connectivity index (χ1) is 7.17. The number of aryl methyl sites for hydroxylation is 2. The fourth-order valence-electron chi connectivity index (χ4n) is 1.34. The lowest BCUT2D eigenvalue weighted by atomic mass is 10.2. The number of nitrogens with zero attached hydrogens (tertiary/aromatic N) is 1. The second-order valence-corrected chi connectivity index (χ2v) is 4.68. The van der Waals surface area contributed by atoms with E-state index in [1.807, 2.05) is 20.9 Å². The standard InChI is InChI=1S/C11H20N2OS/c1-5-6-10(12-4)7-15-11-13-8(2)9(3)14-11/h10,12H,5-7H2,1-4H3. The lowest BCUT2D eigenvalue weighted by molar-refractivity contribution is 0.430. The van der Waals surface area contributed by atoms with Gasteiger partial charge in [-0.2, -0.15) is 0 Å². The number of thioether (sulfide) groups is 1. The maximum absolute atomic E-state index is 5.51. The molecule has 0 aliphatic rings. The molecule has 4 heteroatoms. The predicted octanol–water partition coefficient (Wildman–Crippen LogP) is 2.77. The van der Waals surface area contributed by atoms with E-state index < -0.39 is 0 Å². The molecule has 0 radical (unpaired) electrons. The van der Waals surface area contributed by atoms with Crippen LogP contribution in [0.1, 0.15) is 31.2 Å². The molecule has 0 saturated heterocycles. The summed E-state index contributed by atoms with van der Waals surface area (Å²) in [6, 6.07) is 0.549. The molecule has 1 aromatic heterocycles. The molecule has 1 rings (SSSR count). The Labute approximate surface area is 96.0 Å². The molecule has 1 unspecified atom stereocenters. The Hall–Kier alpha value is -0.480. The van der Waals surface area contributed by atoms with Gasteiger partial charge in [-0.05, 0) is 27.3 Å². The Morgan fingerprint density at radius 2 is 2.20 bits per heavy atom. The predicted molar refractivity (Wildman–Crippen MR) is 64.5 cm³/mol. The van der Waals surface area contributed by atoms with E-state index in [-0.39, 0.29) is 0 Å². The normalized spacial score (nSPS) is 13.1. The smallest absolute Gasteiger partial charge is 0.256 e. The maximum atomic E-state index is 5.51. The van der Waals surface area contributed by atoms with Crippen LogP contribution in [0.2, 0.25) is 0 Å². The first-order valence-electron chi connectivity index (χ1n) is 5.41. The van der Waals surface area contributed by atoms with Gasteiger partial charge < -0.3 is 9.73 Å². The fourth-order valence-corrected chi connectivity index (χ4v) is 2.40. The van der Waals surface area contributed by atoms with E-state index in [9.17, 15) is 0 Å². The Balaban J connectivity index is 2.41. The number of hydrogen-bond acceptors (Lipinski definition) is 4. The lowest BCUT2D eigenvalue weighted by Crippen LogP contribution is -2.27. The van der Waals surface area contributed by atoms with Gasteiger partial charge in [0.1, 0.15) is 5.76 Å². The van der Waals surface area contributed by atoms with Gasteiger partial charge in [0, 0.05) is 11.8 Å². The van der Waals surface area contributed by atoms with Crippen molar-refractivity contribution in [1.29, 1.82) is 0 Å². The minimum atomic E-state index is 0.549. The minimum absolute atomic E-state index is 0.549. The molecule has 1 heterocycles. The van der Waals surface area contributed by atoms with Crippen LogP contribution in [0, 0.1) is 13.8 Å². The van der Waals surface area contributed by atoms with E-state index in [1.165, 1.54) is 12.8 Å². The number of nitrogens with one attached hydrogen (secondary N) is 1. The van der Waals surface area contributed by atoms with Gasteiger partial charge in [-0.1, -0.05) is 25.1 Å². The number of rotatable bonds is 6. The van der Waals surface area contributed by atoms with Crippen molar-refractivity contribution >= 4 is 11.8 Å². The highest BCUT2D eigenvalue weighted by Crippen LogP contribution is 2.21. The molecule has 0 saturated carbocycles. The van der Waals surface area contributed by atoms with Gasteiger partial charge in [-0.25, -0.2) is 4.98 Å². The third-order valence-corrected chi connectivity index (χ3v) is 3.45. The average Bonchev–Trinajstić information content (AvgIpc) is 2.53. The van der Waals surface area contributed by atoms with E-state index in [0.29, 0.717) is 6.04 Å². The van der Waals surface area contributed by atoms with Crippen molar-refractivity contribution in [2.75, 3.05) is 12.8 Å². The van der Waals surface area contributed by atoms with Crippen molar-refractivity contribution in [3.63, 3.8) is 0 Å². The molecule has 0 aliphatic carbocycles. The summed E-state index contributed by atoms with van der Waals surface area (Å²) >= 11 is 1.69. The first kappa shape index (κ1) is 12.6. The Kier molecular flexibility index (Phi) is 5.19. The van der Waals surface area contributed by atoms with Crippen LogP contribution in [-0.4, -0.2) is 23.8 Å². The van der Waals surface area contributed by atoms with Crippen LogP contribution in [0.3, 0.4) is 0 Å². The van der Waals surface area contributed by atoms with Crippen molar-refractivity contribution in [3.05, 3.63) is 11.5 Å². The third-order valence-electron chi connectivity index (χ3n) is 2.46. The Morgan fingerprint density at radius 3 is 2.67 bits per heavy atom. The van der Waals surface area contributed by atoms with E-state index >= 15 is 0 Å². The third kappa shape index (κ3) is 3.87. The molecule has 0 aromatic carbocycles. The zero-order valence-electron chi connectivity index (χ0n) is 9.96. The van der Waals surface area contributed by atoms with Gasteiger partial charge in [-0.3, -0.25) is 0 Å². The second kappa shape index (κ2) is 6.18. The molecule has 0 bridgehead atoms. The van der Waals surface area contributed by atoms with Crippen LogP contribution in [0.4, 0.5) is 0 Å². The Bertz CT molecular complexity index is 279. The van der Waals surface area contributed by atoms with Crippen LogP contribution in [-0.2, 0) is 0 Å². The highest BCUT2D eigenvalue weighted by molar-refractivity contribution is 7.99. The molecule has 0 fully saturated rings. The van der Waals surface area contributed by atoms with E-state index in [2.05, 4.69) is 17.2 Å². The highest BCUT2D eigenvalue weighted by atomic mass is 32.2. The summed E-state index contributed by atoms with van der Waals surface area (Å²) in [7, 11) is 2.01. The quantitative estimate of drug-likeness (QED) is 0.760. The first-order valence-corrected chi connectivity index (χ1v) is 6.40. The summed E-state index contributed by atoms with van der Waals surface area (Å²) in [5.74, 6) is 1.94. The topological polar surface area (TPSA) is 38.1 Å². The monoisotopic (exact) mass is 228 g/mol. The summed E-state index contributed by atoms with van der Waals surface area (Å²) in [6.07, 6.45) is 2.40. The number of hydrogen-bond donors (Lipinski definition) is 1. The lowest BCUT2D eigenvalue weighted by Gasteiger charge is -2.12. The minimum Gasteiger partial charge on any atom is -0.437 e. The fraction of sp³-hybridized carbons (Fsp3) is 0.727. The van der Waals surface area contributed by atoms with Gasteiger partial charge in [0.15, 0.2) is 0 Å². The zero-order valence-corrected chi connectivity index (χ0v) is 10.8. The summed E-state index contributed by atoms with van der Waals surface area (Å²) < 4.78 is 5.51. The Morgan fingerprint density at radius 1 is 1.47 bits per heavy atom. The summed E-state index contributed by atoms with van der Waals surface area (Å²) in [5, 5.41) is 4.10. The molecule has 0 spiro atoms. The highest BCUT2D eigenvalue weighted by Gasteiger charge is 2.10. The van der Waals surface area contributed by atoms with Crippen LogP contribution in [0.25, 0.3) is 0 Å². The van der Waals surface area contributed by atoms with Crippen LogP contribution in [0.5, 0.6) is 0 Å². The average molecular weight is 228 g/mol. The van der Waals surface area contributed by atoms with E-state index in [1.54, 1.807) is 11.8 Å². The van der Waals surface area contributed by atoms with Gasteiger partial charge in [0.2, 0.25) is 0 Å². The SMILES string of the molecule is CCCC(CSc1nc(C)c(C)o1)NC. The second-order valence-electron chi connectivity index (χ2n) is 3.71. The zero-order chi connectivity index (χ0) is 11.3. The molecule has 3 nitrogen and oxygen atoms in total. The van der Waals surface area contributed by atoms with Gasteiger partial charge in [0.25, 0.3) is 5.22 Å². The van der Waals surface area contributed by atoms with Gasteiger partial charge in [-0.15, -0.1) is 0 Å². The van der Waals surface area contributed by atoms with E-state index in [4.69, 9.17) is 4.42 Å². The summed E-state index contributed by atoms with van der Waals surface area (Å²) in [4.78, 5) is 4.35. The maximum Gasteiger partial charge on any atom is 0.256 e. The van der Waals surface area contributed by atoms with Crippen molar-refractivity contribution in [2.24, 2.45) is 0 Å². The van der Waals surface area contributed by atoms with Crippen LogP contribution < -0.4 is 5.32 Å². The summed E-state index contributed by atoms with van der Waals surface area (Å²) in [5.41, 5.74) is 0.994. The molecular formula is C11H20N2OS. The largest absolute Gasteiger partial charge is 0.437 e. The molecule has 1 atom stereocenters. The van der Waals surface area contributed by atoms with Crippen molar-refractivity contribution in [1.82, 2.24) is 10.3 Å². The molecule has 0 aliphatic heterocycles. The molecule has 86 valence electrons. The molecular weight excluding hydrogens is 208 g/mol.